The van der Waals surface area contributed by atoms with Crippen LogP contribution in [-0.4, -0.2) is 17.5 Å². The molecule has 0 aliphatic carbocycles. The molecule has 0 fully saturated rings. The number of carbonyl (C=O) groups is 1. The van der Waals surface area contributed by atoms with Gasteiger partial charge in [0.1, 0.15) is 10.8 Å². The van der Waals surface area contributed by atoms with E-state index in [4.69, 9.17) is 9.72 Å². The topological polar surface area (TPSA) is 51.2 Å². The number of thiazole rings is 1. The van der Waals surface area contributed by atoms with Crippen molar-refractivity contribution in [3.63, 3.8) is 0 Å². The number of carbonyl (C=O) groups excluding carboxylic acids is 1. The smallest absolute Gasteiger partial charge is 0.262 e. The number of fused-ring (bicyclic) bond motifs is 1. The van der Waals surface area contributed by atoms with Gasteiger partial charge in [0.2, 0.25) is 0 Å². The van der Waals surface area contributed by atoms with E-state index in [1.54, 1.807) is 11.3 Å². The molecule has 0 saturated carbocycles. The summed E-state index contributed by atoms with van der Waals surface area (Å²) < 4.78 is 6.79. The number of nitrogens with one attached hydrogen (secondary N) is 1. The lowest BCUT2D eigenvalue weighted by atomic mass is 10.1. The molecule has 4 rings (SSSR count). The first-order valence-corrected chi connectivity index (χ1v) is 9.87. The molecule has 0 atom stereocenters. The van der Waals surface area contributed by atoms with E-state index in [1.807, 2.05) is 74.5 Å². The molecule has 4 aromatic rings. The number of para-hydroxylation sites is 2. The molecule has 1 amide bonds. The molecule has 1 aromatic heterocycles. The van der Waals surface area contributed by atoms with Gasteiger partial charge in [-0.25, -0.2) is 4.98 Å². The normalized spacial score (nSPS) is 10.8. The Bertz CT molecular complexity index is 1120. The highest BCUT2D eigenvalue weighted by molar-refractivity contribution is 7.21. The van der Waals surface area contributed by atoms with Crippen LogP contribution in [0.15, 0.2) is 66.7 Å². The van der Waals surface area contributed by atoms with E-state index in [0.717, 1.165) is 43.4 Å². The minimum atomic E-state index is -0.187. The molecule has 0 radical (unpaired) electrons. The number of hydrogen-bond acceptors (Lipinski definition) is 4. The number of ether oxygens (including phenoxy) is 1. The molecule has 0 bridgehead atoms. The van der Waals surface area contributed by atoms with Crippen molar-refractivity contribution in [1.29, 1.82) is 0 Å². The molecule has 140 valence electrons. The van der Waals surface area contributed by atoms with Crippen molar-refractivity contribution in [2.75, 3.05) is 11.9 Å². The Morgan fingerprint density at radius 3 is 2.61 bits per heavy atom. The molecule has 28 heavy (non-hydrogen) atoms. The first-order valence-electron chi connectivity index (χ1n) is 9.05. The summed E-state index contributed by atoms with van der Waals surface area (Å²) in [5.74, 6) is 0.533. The first kappa shape index (κ1) is 18.2. The van der Waals surface area contributed by atoms with Crippen LogP contribution in [0.4, 0.5) is 5.69 Å². The van der Waals surface area contributed by atoms with Gasteiger partial charge in [0.25, 0.3) is 5.91 Å². The Labute approximate surface area is 167 Å². The van der Waals surface area contributed by atoms with Gasteiger partial charge >= 0.3 is 0 Å². The third kappa shape index (κ3) is 3.89. The van der Waals surface area contributed by atoms with Gasteiger partial charge in [-0.3, -0.25) is 4.79 Å². The third-order valence-corrected chi connectivity index (χ3v) is 5.59. The van der Waals surface area contributed by atoms with Crippen LogP contribution in [0.1, 0.15) is 11.1 Å². The Balaban J connectivity index is 1.50. The molecule has 0 aliphatic rings. The maximum Gasteiger partial charge on any atom is 0.262 e. The van der Waals surface area contributed by atoms with Crippen molar-refractivity contribution in [2.45, 2.75) is 13.8 Å². The van der Waals surface area contributed by atoms with E-state index in [0.29, 0.717) is 0 Å². The number of nitrogens with zero attached hydrogens (tertiary/aromatic N) is 1. The van der Waals surface area contributed by atoms with Crippen molar-refractivity contribution in [3.8, 4) is 16.3 Å². The van der Waals surface area contributed by atoms with Crippen molar-refractivity contribution >= 4 is 33.1 Å². The summed E-state index contributed by atoms with van der Waals surface area (Å²) in [6.07, 6.45) is 0. The molecule has 0 aliphatic heterocycles. The van der Waals surface area contributed by atoms with Crippen LogP contribution >= 0.6 is 11.3 Å². The Morgan fingerprint density at radius 2 is 1.79 bits per heavy atom. The lowest BCUT2D eigenvalue weighted by molar-refractivity contribution is -0.118. The molecule has 4 nitrogen and oxygen atoms in total. The molecule has 0 unspecified atom stereocenters. The van der Waals surface area contributed by atoms with Gasteiger partial charge in [0.15, 0.2) is 6.61 Å². The van der Waals surface area contributed by atoms with Crippen LogP contribution < -0.4 is 10.1 Å². The van der Waals surface area contributed by atoms with Crippen molar-refractivity contribution in [1.82, 2.24) is 4.98 Å². The van der Waals surface area contributed by atoms with Crippen molar-refractivity contribution < 1.29 is 9.53 Å². The van der Waals surface area contributed by atoms with Crippen LogP contribution in [0.2, 0.25) is 0 Å². The molecule has 0 spiro atoms. The second-order valence-electron chi connectivity index (χ2n) is 6.62. The average Bonchev–Trinajstić information content (AvgIpc) is 3.13. The number of benzene rings is 3. The number of aryl methyl sites for hydroxylation is 2. The van der Waals surface area contributed by atoms with Crippen LogP contribution in [-0.2, 0) is 4.79 Å². The maximum atomic E-state index is 12.4. The summed E-state index contributed by atoms with van der Waals surface area (Å²) in [5, 5.41) is 3.89. The maximum absolute atomic E-state index is 12.4. The monoisotopic (exact) mass is 388 g/mol. The zero-order chi connectivity index (χ0) is 19.5. The molecule has 1 N–H and O–H groups in total. The zero-order valence-electron chi connectivity index (χ0n) is 15.7. The van der Waals surface area contributed by atoms with E-state index in [1.165, 1.54) is 0 Å². The van der Waals surface area contributed by atoms with E-state index in [2.05, 4.69) is 11.4 Å². The second-order valence-corrected chi connectivity index (χ2v) is 7.65. The molecule has 1 heterocycles. The SMILES string of the molecule is Cc1ccc(-c2nc3ccccc3s2)cc1NC(=O)COc1ccccc1C. The summed E-state index contributed by atoms with van der Waals surface area (Å²) in [6, 6.07) is 21.7. The highest BCUT2D eigenvalue weighted by Gasteiger charge is 2.11. The number of hydrogen-bond donors (Lipinski definition) is 1. The zero-order valence-corrected chi connectivity index (χ0v) is 16.5. The van der Waals surface area contributed by atoms with Gasteiger partial charge in [-0.1, -0.05) is 42.5 Å². The molecular formula is C23H20N2O2S. The van der Waals surface area contributed by atoms with Gasteiger partial charge in [0, 0.05) is 11.3 Å². The van der Waals surface area contributed by atoms with Crippen LogP contribution in [0, 0.1) is 13.8 Å². The number of amides is 1. The second kappa shape index (κ2) is 7.82. The first-order chi connectivity index (χ1) is 13.6. The van der Waals surface area contributed by atoms with Gasteiger partial charge in [0.05, 0.1) is 10.2 Å². The third-order valence-electron chi connectivity index (χ3n) is 4.50. The lowest BCUT2D eigenvalue weighted by Gasteiger charge is -2.12. The number of anilines is 1. The standard InChI is InChI=1S/C23H20N2O2S/c1-15-11-12-17(23-25-18-8-4-6-10-21(18)28-23)13-19(15)24-22(26)14-27-20-9-5-3-7-16(20)2/h3-13H,14H2,1-2H3,(H,24,26). The van der Waals surface area contributed by atoms with E-state index >= 15 is 0 Å². The quantitative estimate of drug-likeness (QED) is 0.484. The molecule has 3 aromatic carbocycles. The minimum Gasteiger partial charge on any atom is -0.483 e. The summed E-state index contributed by atoms with van der Waals surface area (Å²) in [6.45, 7) is 3.90. The fourth-order valence-electron chi connectivity index (χ4n) is 2.93. The fraction of sp³-hybridized carbons (Fsp3) is 0.130. The highest BCUT2D eigenvalue weighted by Crippen LogP contribution is 2.32. The average molecular weight is 388 g/mol. The van der Waals surface area contributed by atoms with E-state index < -0.39 is 0 Å². The van der Waals surface area contributed by atoms with Gasteiger partial charge in [-0.05, 0) is 49.2 Å². The summed E-state index contributed by atoms with van der Waals surface area (Å²) in [5.41, 5.74) is 4.75. The van der Waals surface area contributed by atoms with Crippen molar-refractivity contribution in [2.24, 2.45) is 0 Å². The Morgan fingerprint density at radius 1 is 1.00 bits per heavy atom. The van der Waals surface area contributed by atoms with Crippen LogP contribution in [0.5, 0.6) is 5.75 Å². The summed E-state index contributed by atoms with van der Waals surface area (Å²) >= 11 is 1.64. The van der Waals surface area contributed by atoms with Crippen LogP contribution in [0.3, 0.4) is 0 Å². The summed E-state index contributed by atoms with van der Waals surface area (Å²) in [4.78, 5) is 17.1. The molecular weight excluding hydrogens is 368 g/mol. The predicted octanol–water partition coefficient (Wildman–Crippen LogP) is 5.60. The van der Waals surface area contributed by atoms with Gasteiger partial charge < -0.3 is 10.1 Å². The van der Waals surface area contributed by atoms with Crippen LogP contribution in [0.25, 0.3) is 20.8 Å². The molecule has 0 saturated heterocycles. The fourth-order valence-corrected chi connectivity index (χ4v) is 3.90. The van der Waals surface area contributed by atoms with Gasteiger partial charge in [-0.15, -0.1) is 11.3 Å². The number of aromatic nitrogens is 1. The highest BCUT2D eigenvalue weighted by atomic mass is 32.1. The lowest BCUT2D eigenvalue weighted by Crippen LogP contribution is -2.20. The van der Waals surface area contributed by atoms with E-state index in [9.17, 15) is 4.79 Å². The number of rotatable bonds is 5. The predicted molar refractivity (Wildman–Crippen MR) is 115 cm³/mol. The minimum absolute atomic E-state index is 0.0321. The van der Waals surface area contributed by atoms with E-state index in [-0.39, 0.29) is 12.5 Å². The summed E-state index contributed by atoms with van der Waals surface area (Å²) in [7, 11) is 0. The largest absolute Gasteiger partial charge is 0.483 e. The Hall–Kier alpha value is -3.18. The molecule has 5 heteroatoms. The Kier molecular flexibility index (Phi) is 5.08. The van der Waals surface area contributed by atoms with Crippen molar-refractivity contribution in [3.05, 3.63) is 77.9 Å². The van der Waals surface area contributed by atoms with Gasteiger partial charge in [-0.2, -0.15) is 0 Å².